The summed E-state index contributed by atoms with van der Waals surface area (Å²) in [5.74, 6) is 0.444. The lowest BCUT2D eigenvalue weighted by Crippen LogP contribution is -2.44. The number of hydrogen-bond donors (Lipinski definition) is 1. The van der Waals surface area contributed by atoms with E-state index in [1.807, 2.05) is 12.1 Å². The fourth-order valence-corrected chi connectivity index (χ4v) is 3.02. The number of nitrogens with zero attached hydrogens (tertiary/aromatic N) is 2. The van der Waals surface area contributed by atoms with Gasteiger partial charge < -0.3 is 14.7 Å². The molecule has 1 unspecified atom stereocenters. The second kappa shape index (κ2) is 6.66. The number of hydrogen-bond acceptors (Lipinski definition) is 4. The number of benzene rings is 1. The number of piperidine rings is 1. The van der Waals surface area contributed by atoms with E-state index in [0.29, 0.717) is 16.8 Å². The van der Waals surface area contributed by atoms with Gasteiger partial charge in [0.05, 0.1) is 12.1 Å². The summed E-state index contributed by atoms with van der Waals surface area (Å²) in [5.41, 5.74) is 1.06. The molecule has 1 heterocycles. The number of aromatic hydroxyl groups is 1. The summed E-state index contributed by atoms with van der Waals surface area (Å²) in [6.45, 7) is 3.08. The van der Waals surface area contributed by atoms with Crippen LogP contribution in [0.2, 0.25) is 5.02 Å². The standard InChI is InChI=1S/C15H23ClN2O2/c1-17-6-4-5-12(10-17)18(2)9-11-7-13(16)15(19)14(8-11)20-3/h7-8,12,19H,4-6,9-10H2,1-3H3. The van der Waals surface area contributed by atoms with Crippen LogP contribution in [0.5, 0.6) is 11.5 Å². The summed E-state index contributed by atoms with van der Waals surface area (Å²) >= 11 is 6.03. The Labute approximate surface area is 125 Å². The zero-order chi connectivity index (χ0) is 14.7. The van der Waals surface area contributed by atoms with Gasteiger partial charge >= 0.3 is 0 Å². The molecule has 0 spiro atoms. The van der Waals surface area contributed by atoms with Crippen LogP contribution in [0.1, 0.15) is 18.4 Å². The van der Waals surface area contributed by atoms with Crippen molar-refractivity contribution in [3.8, 4) is 11.5 Å². The van der Waals surface area contributed by atoms with Crippen LogP contribution in [0.4, 0.5) is 0 Å². The van der Waals surface area contributed by atoms with E-state index in [-0.39, 0.29) is 5.75 Å². The van der Waals surface area contributed by atoms with Gasteiger partial charge in [-0.3, -0.25) is 4.90 Å². The van der Waals surface area contributed by atoms with Gasteiger partial charge in [0.1, 0.15) is 0 Å². The molecule has 0 radical (unpaired) electrons. The van der Waals surface area contributed by atoms with Gasteiger partial charge in [-0.2, -0.15) is 0 Å². The van der Waals surface area contributed by atoms with Crippen LogP contribution >= 0.6 is 11.6 Å². The van der Waals surface area contributed by atoms with Gasteiger partial charge in [0, 0.05) is 19.1 Å². The largest absolute Gasteiger partial charge is 0.503 e. The SMILES string of the molecule is COc1cc(CN(C)C2CCCN(C)C2)cc(Cl)c1O. The van der Waals surface area contributed by atoms with E-state index in [9.17, 15) is 5.11 Å². The highest BCUT2D eigenvalue weighted by atomic mass is 35.5. The zero-order valence-electron chi connectivity index (χ0n) is 12.4. The highest BCUT2D eigenvalue weighted by Crippen LogP contribution is 2.35. The van der Waals surface area contributed by atoms with Gasteiger partial charge in [-0.05, 0) is 51.2 Å². The summed E-state index contributed by atoms with van der Waals surface area (Å²) in [6.07, 6.45) is 2.47. The molecule has 112 valence electrons. The Bertz CT molecular complexity index is 467. The van der Waals surface area contributed by atoms with E-state index in [4.69, 9.17) is 16.3 Å². The van der Waals surface area contributed by atoms with Crippen LogP contribution < -0.4 is 4.74 Å². The topological polar surface area (TPSA) is 35.9 Å². The van der Waals surface area contributed by atoms with Crippen molar-refractivity contribution in [1.29, 1.82) is 0 Å². The lowest BCUT2D eigenvalue weighted by atomic mass is 10.0. The molecule has 1 fully saturated rings. The van der Waals surface area contributed by atoms with Gasteiger partial charge in [-0.25, -0.2) is 0 Å². The van der Waals surface area contributed by atoms with Crippen molar-refractivity contribution in [3.05, 3.63) is 22.7 Å². The Morgan fingerprint density at radius 3 is 2.90 bits per heavy atom. The first-order valence-electron chi connectivity index (χ1n) is 6.95. The maximum atomic E-state index is 9.76. The van der Waals surface area contributed by atoms with E-state index in [1.54, 1.807) is 0 Å². The molecule has 4 nitrogen and oxygen atoms in total. The molecule has 0 aromatic heterocycles. The van der Waals surface area contributed by atoms with E-state index in [1.165, 1.54) is 26.5 Å². The lowest BCUT2D eigenvalue weighted by molar-refractivity contribution is 0.129. The fourth-order valence-electron chi connectivity index (χ4n) is 2.79. The second-order valence-electron chi connectivity index (χ2n) is 5.60. The van der Waals surface area contributed by atoms with E-state index in [2.05, 4.69) is 23.9 Å². The van der Waals surface area contributed by atoms with E-state index in [0.717, 1.165) is 18.7 Å². The Morgan fingerprint density at radius 1 is 1.50 bits per heavy atom. The first-order valence-corrected chi connectivity index (χ1v) is 7.33. The van der Waals surface area contributed by atoms with E-state index >= 15 is 0 Å². The Hall–Kier alpha value is -0.970. The van der Waals surface area contributed by atoms with Crippen molar-refractivity contribution < 1.29 is 9.84 Å². The van der Waals surface area contributed by atoms with Crippen LogP contribution in [-0.2, 0) is 6.54 Å². The lowest BCUT2D eigenvalue weighted by Gasteiger charge is -2.36. The molecule has 0 amide bonds. The first kappa shape index (κ1) is 15.4. The summed E-state index contributed by atoms with van der Waals surface area (Å²) in [5, 5.41) is 10.1. The quantitative estimate of drug-likeness (QED) is 0.927. The maximum Gasteiger partial charge on any atom is 0.176 e. The predicted molar refractivity (Wildman–Crippen MR) is 81.7 cm³/mol. The third-order valence-corrected chi connectivity index (χ3v) is 4.25. The number of phenolic OH excluding ortho intramolecular Hbond substituents is 1. The number of methoxy groups -OCH3 is 1. The minimum Gasteiger partial charge on any atom is -0.503 e. The van der Waals surface area contributed by atoms with Gasteiger partial charge in [0.2, 0.25) is 0 Å². The number of ether oxygens (including phenoxy) is 1. The summed E-state index contributed by atoms with van der Waals surface area (Å²) in [7, 11) is 5.84. The van der Waals surface area contributed by atoms with Gasteiger partial charge in [-0.1, -0.05) is 11.6 Å². The van der Waals surface area contributed by atoms with E-state index < -0.39 is 0 Å². The summed E-state index contributed by atoms with van der Waals surface area (Å²) in [4.78, 5) is 4.72. The van der Waals surface area contributed by atoms with Crippen molar-refractivity contribution in [3.63, 3.8) is 0 Å². The normalized spacial score (nSPS) is 20.4. The van der Waals surface area contributed by atoms with Crippen molar-refractivity contribution in [2.75, 3.05) is 34.3 Å². The molecule has 1 saturated heterocycles. The zero-order valence-corrected chi connectivity index (χ0v) is 13.2. The van der Waals surface area contributed by atoms with Crippen LogP contribution in [0.25, 0.3) is 0 Å². The average molecular weight is 299 g/mol. The fraction of sp³-hybridized carbons (Fsp3) is 0.600. The molecule has 0 aliphatic carbocycles. The van der Waals surface area contributed by atoms with Crippen LogP contribution in [0, 0.1) is 0 Å². The smallest absolute Gasteiger partial charge is 0.176 e. The molecule has 1 aromatic carbocycles. The molecule has 1 aliphatic heterocycles. The predicted octanol–water partition coefficient (Wildman–Crippen LogP) is 2.58. The highest BCUT2D eigenvalue weighted by Gasteiger charge is 2.21. The first-order chi connectivity index (χ1) is 9.51. The number of phenols is 1. The molecule has 0 bridgehead atoms. The number of halogens is 1. The van der Waals surface area contributed by atoms with Gasteiger partial charge in [-0.15, -0.1) is 0 Å². The molecule has 1 aliphatic rings. The molecular weight excluding hydrogens is 276 g/mol. The monoisotopic (exact) mass is 298 g/mol. The second-order valence-corrected chi connectivity index (χ2v) is 6.01. The number of likely N-dealkylation sites (tertiary alicyclic amines) is 1. The molecule has 1 aromatic rings. The molecular formula is C15H23ClN2O2. The Morgan fingerprint density at radius 2 is 2.25 bits per heavy atom. The third kappa shape index (κ3) is 3.57. The maximum absolute atomic E-state index is 9.76. The molecule has 2 rings (SSSR count). The minimum absolute atomic E-state index is 0.0120. The minimum atomic E-state index is 0.0120. The van der Waals surface area contributed by atoms with Crippen LogP contribution in [0.15, 0.2) is 12.1 Å². The van der Waals surface area contributed by atoms with Gasteiger partial charge in [0.15, 0.2) is 11.5 Å². The molecule has 5 heteroatoms. The van der Waals surface area contributed by atoms with Crippen LogP contribution in [0.3, 0.4) is 0 Å². The molecule has 0 saturated carbocycles. The number of rotatable bonds is 4. The number of likely N-dealkylation sites (N-methyl/N-ethyl adjacent to an activating group) is 2. The van der Waals surface area contributed by atoms with Crippen molar-refractivity contribution in [2.45, 2.75) is 25.4 Å². The molecule has 1 atom stereocenters. The highest BCUT2D eigenvalue weighted by molar-refractivity contribution is 6.32. The summed E-state index contributed by atoms with van der Waals surface area (Å²) < 4.78 is 5.15. The Balaban J connectivity index is 2.07. The van der Waals surface area contributed by atoms with Crippen molar-refractivity contribution >= 4 is 11.6 Å². The summed E-state index contributed by atoms with van der Waals surface area (Å²) in [6, 6.07) is 4.22. The van der Waals surface area contributed by atoms with Crippen LogP contribution in [-0.4, -0.2) is 55.2 Å². The third-order valence-electron chi connectivity index (χ3n) is 3.96. The van der Waals surface area contributed by atoms with Crippen molar-refractivity contribution in [2.24, 2.45) is 0 Å². The van der Waals surface area contributed by atoms with Gasteiger partial charge in [0.25, 0.3) is 0 Å². The molecule has 1 N–H and O–H groups in total. The average Bonchev–Trinajstić information content (AvgIpc) is 2.42. The van der Waals surface area contributed by atoms with Crippen molar-refractivity contribution in [1.82, 2.24) is 9.80 Å². The Kier molecular flexibility index (Phi) is 5.13. The molecule has 20 heavy (non-hydrogen) atoms.